The summed E-state index contributed by atoms with van der Waals surface area (Å²) < 4.78 is 5.10. The van der Waals surface area contributed by atoms with Crippen LogP contribution in [0.3, 0.4) is 0 Å². The van der Waals surface area contributed by atoms with E-state index in [-0.39, 0.29) is 33.7 Å². The van der Waals surface area contributed by atoms with Gasteiger partial charge in [0.05, 0.1) is 12.0 Å². The van der Waals surface area contributed by atoms with E-state index in [1.807, 2.05) is 20.8 Å². The van der Waals surface area contributed by atoms with Crippen LogP contribution in [0.2, 0.25) is 0 Å². The minimum atomic E-state index is -0.312. The van der Waals surface area contributed by atoms with Crippen LogP contribution in [-0.4, -0.2) is 12.6 Å². The van der Waals surface area contributed by atoms with Crippen molar-refractivity contribution in [1.82, 2.24) is 0 Å². The van der Waals surface area contributed by atoms with Crippen molar-refractivity contribution in [2.45, 2.75) is 69.2 Å². The summed E-state index contributed by atoms with van der Waals surface area (Å²) in [7, 11) is 0. The minimum absolute atomic E-state index is 0. The van der Waals surface area contributed by atoms with Crippen LogP contribution in [0.15, 0.2) is 0 Å². The molecule has 96 valence electrons. The van der Waals surface area contributed by atoms with Crippen molar-refractivity contribution in [3.63, 3.8) is 0 Å². The maximum atomic E-state index is 11.3. The molecule has 0 aliphatic carbocycles. The number of hydrogen-bond donors (Lipinski definition) is 0. The highest BCUT2D eigenvalue weighted by Gasteiger charge is 2.26. The van der Waals surface area contributed by atoms with E-state index in [0.717, 1.165) is 19.3 Å². The Morgan fingerprint density at radius 2 is 1.60 bits per heavy atom. The molecule has 0 spiro atoms. The molecule has 0 saturated carbocycles. The predicted octanol–water partition coefficient (Wildman–Crippen LogP) is 4.67. The lowest BCUT2D eigenvalue weighted by molar-refractivity contribution is -0.154. The number of carbonyl (C=O) groups excluding carboxylic acids is 1. The Balaban J connectivity index is -0.000000202. The summed E-state index contributed by atoms with van der Waals surface area (Å²) in [5.74, 6) is -0.0709. The molecule has 0 atom stereocenters. The van der Waals surface area contributed by atoms with Gasteiger partial charge in [-0.3, -0.25) is 4.79 Å². The first-order valence-corrected chi connectivity index (χ1v) is 4.71. The molecule has 0 aliphatic rings. The number of ether oxygens (including phenoxy) is 1. The van der Waals surface area contributed by atoms with Gasteiger partial charge in [0.2, 0.25) is 0 Å². The Labute approximate surface area is 97.4 Å². The van der Waals surface area contributed by atoms with Gasteiger partial charge in [-0.15, -0.1) is 0 Å². The average molecular weight is 220 g/mol. The molecule has 0 bridgehead atoms. The van der Waals surface area contributed by atoms with Gasteiger partial charge in [0.1, 0.15) is 0 Å². The Hall–Kier alpha value is -0.530. The number of unbranched alkanes of at least 4 members (excludes halogenated alkanes) is 1. The van der Waals surface area contributed by atoms with Crippen LogP contribution >= 0.6 is 0 Å². The molecule has 0 saturated heterocycles. The van der Waals surface area contributed by atoms with Crippen LogP contribution in [0, 0.1) is 5.41 Å². The molecule has 0 aromatic carbocycles. The van der Waals surface area contributed by atoms with Crippen LogP contribution in [0.4, 0.5) is 0 Å². The molecular weight excluding hydrogens is 188 g/mol. The quantitative estimate of drug-likeness (QED) is 0.497. The summed E-state index contributed by atoms with van der Waals surface area (Å²) in [4.78, 5) is 11.3. The van der Waals surface area contributed by atoms with Crippen molar-refractivity contribution in [3.8, 4) is 0 Å². The van der Waals surface area contributed by atoms with Gasteiger partial charge in [-0.2, -0.15) is 0 Å². The van der Waals surface area contributed by atoms with Gasteiger partial charge in [0.15, 0.2) is 0 Å². The summed E-state index contributed by atoms with van der Waals surface area (Å²) >= 11 is 0. The van der Waals surface area contributed by atoms with E-state index in [4.69, 9.17) is 4.74 Å². The van der Waals surface area contributed by atoms with Crippen molar-refractivity contribution in [1.29, 1.82) is 0 Å². The van der Waals surface area contributed by atoms with Crippen LogP contribution in [0.1, 0.15) is 69.2 Å². The first-order chi connectivity index (χ1) is 5.54. The molecule has 0 fully saturated rings. The maximum absolute atomic E-state index is 11.3. The van der Waals surface area contributed by atoms with E-state index in [9.17, 15) is 4.79 Å². The van der Waals surface area contributed by atoms with E-state index in [0.29, 0.717) is 6.61 Å². The van der Waals surface area contributed by atoms with E-state index < -0.39 is 0 Å². The summed E-state index contributed by atoms with van der Waals surface area (Å²) in [5.41, 5.74) is -0.312. The molecule has 0 rings (SSSR count). The number of rotatable bonds is 5. The molecule has 0 amide bonds. The molecule has 0 aliphatic heterocycles. The van der Waals surface area contributed by atoms with E-state index in [2.05, 4.69) is 6.92 Å². The Morgan fingerprint density at radius 1 is 1.13 bits per heavy atom. The van der Waals surface area contributed by atoms with Crippen LogP contribution in [-0.2, 0) is 9.53 Å². The fourth-order valence-electron chi connectivity index (χ4n) is 0.649. The maximum Gasteiger partial charge on any atom is 0.311 e. The molecule has 0 aromatic rings. The Morgan fingerprint density at radius 3 is 1.93 bits per heavy atom. The van der Waals surface area contributed by atoms with Crippen molar-refractivity contribution in [2.75, 3.05) is 6.61 Å². The smallest absolute Gasteiger partial charge is 0.311 e. The molecule has 0 aromatic heterocycles. The fourth-order valence-corrected chi connectivity index (χ4v) is 0.649. The standard InChI is InChI=1S/C10H20O2.3CH4/c1-5-7-8-12-9(11)10(3,4)6-2;;;/h5-8H2,1-4H3;3*1H4. The lowest BCUT2D eigenvalue weighted by Gasteiger charge is -2.19. The van der Waals surface area contributed by atoms with Gasteiger partial charge in [-0.25, -0.2) is 0 Å². The van der Waals surface area contributed by atoms with Crippen molar-refractivity contribution in [2.24, 2.45) is 5.41 Å². The second-order valence-corrected chi connectivity index (χ2v) is 3.73. The second kappa shape index (κ2) is 11.5. The highest BCUT2D eigenvalue weighted by atomic mass is 16.5. The highest BCUT2D eigenvalue weighted by molar-refractivity contribution is 5.75. The summed E-state index contributed by atoms with van der Waals surface area (Å²) in [5, 5.41) is 0. The number of esters is 1. The van der Waals surface area contributed by atoms with E-state index in [1.165, 1.54) is 0 Å². The van der Waals surface area contributed by atoms with Crippen LogP contribution < -0.4 is 0 Å². The largest absolute Gasteiger partial charge is 0.465 e. The van der Waals surface area contributed by atoms with Crippen LogP contribution in [0.5, 0.6) is 0 Å². The van der Waals surface area contributed by atoms with Crippen molar-refractivity contribution < 1.29 is 9.53 Å². The molecule has 0 heterocycles. The highest BCUT2D eigenvalue weighted by Crippen LogP contribution is 2.21. The Kier molecular flexibility index (Phi) is 18.4. The zero-order chi connectivity index (χ0) is 9.61. The number of hydrogen-bond acceptors (Lipinski definition) is 2. The average Bonchev–Trinajstić information content (AvgIpc) is 2.05. The molecule has 0 radical (unpaired) electrons. The molecule has 15 heavy (non-hydrogen) atoms. The van der Waals surface area contributed by atoms with E-state index in [1.54, 1.807) is 0 Å². The van der Waals surface area contributed by atoms with Crippen molar-refractivity contribution in [3.05, 3.63) is 0 Å². The third-order valence-corrected chi connectivity index (χ3v) is 2.17. The summed E-state index contributed by atoms with van der Waals surface area (Å²) in [6, 6.07) is 0. The second-order valence-electron chi connectivity index (χ2n) is 3.73. The third-order valence-electron chi connectivity index (χ3n) is 2.17. The van der Waals surface area contributed by atoms with Crippen LogP contribution in [0.25, 0.3) is 0 Å². The monoisotopic (exact) mass is 220 g/mol. The summed E-state index contributed by atoms with van der Waals surface area (Å²) in [6.45, 7) is 8.49. The lowest BCUT2D eigenvalue weighted by Crippen LogP contribution is -2.26. The zero-order valence-electron chi connectivity index (χ0n) is 8.64. The van der Waals surface area contributed by atoms with Gasteiger partial charge < -0.3 is 4.74 Å². The first-order valence-electron chi connectivity index (χ1n) is 4.71. The first kappa shape index (κ1) is 24.0. The van der Waals surface area contributed by atoms with Gasteiger partial charge >= 0.3 is 5.97 Å². The minimum Gasteiger partial charge on any atom is -0.465 e. The lowest BCUT2D eigenvalue weighted by atomic mass is 9.91. The van der Waals surface area contributed by atoms with Gasteiger partial charge in [0, 0.05) is 0 Å². The number of carbonyl (C=O) groups is 1. The van der Waals surface area contributed by atoms with Gasteiger partial charge in [0.25, 0.3) is 0 Å². The van der Waals surface area contributed by atoms with Crippen molar-refractivity contribution >= 4 is 5.97 Å². The molecule has 0 N–H and O–H groups in total. The zero-order valence-corrected chi connectivity index (χ0v) is 8.64. The van der Waals surface area contributed by atoms with E-state index >= 15 is 0 Å². The SMILES string of the molecule is C.C.C.CCCCOC(=O)C(C)(C)CC. The predicted molar refractivity (Wildman–Crippen MR) is 70.1 cm³/mol. The van der Waals surface area contributed by atoms with Gasteiger partial charge in [-0.05, 0) is 26.7 Å². The van der Waals surface area contributed by atoms with Gasteiger partial charge in [-0.1, -0.05) is 42.5 Å². The molecule has 2 heteroatoms. The molecular formula is C13H32O2. The topological polar surface area (TPSA) is 26.3 Å². The Bertz CT molecular complexity index is 139. The normalized spacial score (nSPS) is 9.07. The summed E-state index contributed by atoms with van der Waals surface area (Å²) in [6.07, 6.45) is 2.86. The molecule has 0 unspecified atom stereocenters. The third kappa shape index (κ3) is 9.77. The fraction of sp³-hybridized carbons (Fsp3) is 0.923. The molecule has 2 nitrogen and oxygen atoms in total.